The van der Waals surface area contributed by atoms with Crippen molar-refractivity contribution in [1.82, 2.24) is 14.7 Å². The van der Waals surface area contributed by atoms with Crippen LogP contribution in [0, 0.1) is 12.8 Å². The number of carbonyl (C=O) groups excluding carboxylic acids is 2. The van der Waals surface area contributed by atoms with Crippen LogP contribution in [0.2, 0.25) is 0 Å². The van der Waals surface area contributed by atoms with Gasteiger partial charge in [-0.3, -0.25) is 4.79 Å². The van der Waals surface area contributed by atoms with E-state index in [0.717, 1.165) is 5.69 Å². The van der Waals surface area contributed by atoms with Crippen LogP contribution in [-0.4, -0.2) is 40.1 Å². The number of amides is 1. The van der Waals surface area contributed by atoms with E-state index >= 15 is 0 Å². The molecule has 27 heavy (non-hydrogen) atoms. The van der Waals surface area contributed by atoms with E-state index in [1.165, 1.54) is 6.20 Å². The Morgan fingerprint density at radius 3 is 2.74 bits per heavy atom. The summed E-state index contributed by atoms with van der Waals surface area (Å²) in [5.41, 5.74) is 1.46. The molecule has 2 atom stereocenters. The summed E-state index contributed by atoms with van der Waals surface area (Å²) >= 11 is 0. The van der Waals surface area contributed by atoms with Crippen LogP contribution >= 0.6 is 0 Å². The highest BCUT2D eigenvalue weighted by atomic mass is 19.4. The number of ether oxygens (including phenoxy) is 1. The number of rotatable bonds is 4. The molecule has 0 spiro atoms. The highest BCUT2D eigenvalue weighted by Gasteiger charge is 2.45. The molecule has 146 valence electrons. The van der Waals surface area contributed by atoms with E-state index < -0.39 is 36.6 Å². The van der Waals surface area contributed by atoms with E-state index in [1.54, 1.807) is 16.5 Å². The van der Waals surface area contributed by atoms with Gasteiger partial charge in [0.05, 0.1) is 5.92 Å². The lowest BCUT2D eigenvalue weighted by Crippen LogP contribution is -2.48. The van der Waals surface area contributed by atoms with Crippen molar-refractivity contribution in [2.24, 2.45) is 5.92 Å². The maximum Gasteiger partial charge on any atom is 0.393 e. The number of hydrogen-bond donors (Lipinski definition) is 1. The molecular weight excluding hydrogens is 363 g/mol. The molecule has 1 N–H and O–H groups in total. The Labute approximate surface area is 153 Å². The molecule has 0 saturated heterocycles. The maximum atomic E-state index is 13.1. The van der Waals surface area contributed by atoms with Gasteiger partial charge in [0.1, 0.15) is 5.65 Å². The number of pyridine rings is 1. The predicted molar refractivity (Wildman–Crippen MR) is 90.2 cm³/mol. The zero-order valence-electron chi connectivity index (χ0n) is 14.8. The van der Waals surface area contributed by atoms with Crippen molar-refractivity contribution in [3.8, 4) is 0 Å². The Bertz CT molecular complexity index is 847. The summed E-state index contributed by atoms with van der Waals surface area (Å²) in [6.07, 6.45) is -1.50. The molecule has 2 aromatic heterocycles. The van der Waals surface area contributed by atoms with Crippen molar-refractivity contribution in [2.75, 3.05) is 6.61 Å². The third kappa shape index (κ3) is 4.40. The van der Waals surface area contributed by atoms with Crippen LogP contribution in [-0.2, 0) is 9.53 Å². The van der Waals surface area contributed by atoms with E-state index in [0.29, 0.717) is 18.5 Å². The van der Waals surface area contributed by atoms with Crippen molar-refractivity contribution >= 4 is 17.5 Å². The second-order valence-electron chi connectivity index (χ2n) is 6.70. The summed E-state index contributed by atoms with van der Waals surface area (Å²) in [4.78, 5) is 28.2. The standard InChI is InChI=1S/C18H20F3N3O3/c1-11-5-4-8-15-22-14(9-24(11)15)17(26)27-10-16(25)23-13-7-3-2-6-12(13)18(19,20)21/h4-5,8-9,12-13H,2-3,6-7,10H2,1H3,(H,23,25)/t12-,13+/m0/s1. The van der Waals surface area contributed by atoms with Gasteiger partial charge >= 0.3 is 12.1 Å². The van der Waals surface area contributed by atoms with Gasteiger partial charge in [-0.05, 0) is 31.9 Å². The van der Waals surface area contributed by atoms with Gasteiger partial charge in [0.2, 0.25) is 0 Å². The fourth-order valence-corrected chi connectivity index (χ4v) is 3.40. The van der Waals surface area contributed by atoms with Gasteiger partial charge in [-0.15, -0.1) is 0 Å². The average molecular weight is 383 g/mol. The number of aromatic nitrogens is 2. The minimum Gasteiger partial charge on any atom is -0.451 e. The molecule has 6 nitrogen and oxygen atoms in total. The topological polar surface area (TPSA) is 72.7 Å². The van der Waals surface area contributed by atoms with Gasteiger partial charge in [0.25, 0.3) is 5.91 Å². The fraction of sp³-hybridized carbons (Fsp3) is 0.500. The third-order valence-corrected chi connectivity index (χ3v) is 4.77. The minimum atomic E-state index is -4.36. The van der Waals surface area contributed by atoms with E-state index in [2.05, 4.69) is 10.3 Å². The number of aryl methyl sites for hydroxylation is 1. The van der Waals surface area contributed by atoms with Crippen LogP contribution in [0.1, 0.15) is 41.9 Å². The highest BCUT2D eigenvalue weighted by molar-refractivity contribution is 5.90. The smallest absolute Gasteiger partial charge is 0.393 e. The van der Waals surface area contributed by atoms with Crippen molar-refractivity contribution in [3.05, 3.63) is 35.8 Å². The zero-order valence-corrected chi connectivity index (χ0v) is 14.8. The first-order chi connectivity index (χ1) is 12.8. The number of fused-ring (bicyclic) bond motifs is 1. The quantitative estimate of drug-likeness (QED) is 0.824. The molecule has 9 heteroatoms. The molecule has 0 aliphatic heterocycles. The van der Waals surface area contributed by atoms with E-state index in [1.807, 2.05) is 13.0 Å². The lowest BCUT2D eigenvalue weighted by Gasteiger charge is -2.33. The van der Waals surface area contributed by atoms with Crippen LogP contribution < -0.4 is 5.32 Å². The number of halogens is 3. The van der Waals surface area contributed by atoms with E-state index in [-0.39, 0.29) is 18.5 Å². The third-order valence-electron chi connectivity index (χ3n) is 4.77. The van der Waals surface area contributed by atoms with Crippen LogP contribution in [0.15, 0.2) is 24.4 Å². The number of carbonyl (C=O) groups is 2. The highest BCUT2D eigenvalue weighted by Crippen LogP contribution is 2.37. The summed E-state index contributed by atoms with van der Waals surface area (Å²) in [6.45, 7) is 1.20. The maximum absolute atomic E-state index is 13.1. The Morgan fingerprint density at radius 2 is 2.04 bits per heavy atom. The molecule has 0 aromatic carbocycles. The van der Waals surface area contributed by atoms with Gasteiger partial charge in [-0.2, -0.15) is 13.2 Å². The van der Waals surface area contributed by atoms with Crippen LogP contribution in [0.4, 0.5) is 13.2 Å². The number of nitrogens with zero attached hydrogens (tertiary/aromatic N) is 2. The molecule has 1 aliphatic carbocycles. The molecular formula is C18H20F3N3O3. The zero-order chi connectivity index (χ0) is 19.6. The van der Waals surface area contributed by atoms with E-state index in [9.17, 15) is 22.8 Å². The molecule has 0 bridgehead atoms. The van der Waals surface area contributed by atoms with Gasteiger partial charge in [0.15, 0.2) is 12.3 Å². The number of esters is 1. The molecule has 1 fully saturated rings. The lowest BCUT2D eigenvalue weighted by atomic mass is 9.84. The Morgan fingerprint density at radius 1 is 1.30 bits per heavy atom. The Balaban J connectivity index is 1.58. The lowest BCUT2D eigenvalue weighted by molar-refractivity contribution is -0.189. The monoisotopic (exact) mass is 383 g/mol. The molecule has 0 unspecified atom stereocenters. The van der Waals surface area contributed by atoms with Gasteiger partial charge in [-0.1, -0.05) is 18.9 Å². The molecule has 1 aliphatic rings. The number of alkyl halides is 3. The number of hydrogen-bond acceptors (Lipinski definition) is 4. The molecule has 1 amide bonds. The number of imidazole rings is 1. The molecule has 2 heterocycles. The van der Waals surface area contributed by atoms with Crippen molar-refractivity contribution in [3.63, 3.8) is 0 Å². The van der Waals surface area contributed by atoms with Crippen LogP contribution in [0.25, 0.3) is 5.65 Å². The summed E-state index contributed by atoms with van der Waals surface area (Å²) in [6, 6.07) is 4.37. The van der Waals surface area contributed by atoms with Crippen LogP contribution in [0.3, 0.4) is 0 Å². The van der Waals surface area contributed by atoms with E-state index in [4.69, 9.17) is 4.74 Å². The van der Waals surface area contributed by atoms with Crippen molar-refractivity contribution in [1.29, 1.82) is 0 Å². The van der Waals surface area contributed by atoms with Crippen LogP contribution in [0.5, 0.6) is 0 Å². The summed E-state index contributed by atoms with van der Waals surface area (Å²) in [5, 5.41) is 2.36. The van der Waals surface area contributed by atoms with Crippen molar-refractivity contribution in [2.45, 2.75) is 44.8 Å². The SMILES string of the molecule is Cc1cccc2nc(C(=O)OCC(=O)N[C@@H]3CCCC[C@@H]3C(F)(F)F)cn12. The first-order valence-electron chi connectivity index (χ1n) is 8.73. The molecule has 2 aromatic rings. The second-order valence-corrected chi connectivity index (χ2v) is 6.70. The van der Waals surface area contributed by atoms with Gasteiger partial charge in [0, 0.05) is 17.9 Å². The molecule has 3 rings (SSSR count). The summed E-state index contributed by atoms with van der Waals surface area (Å²) < 4.78 is 45.8. The average Bonchev–Trinajstić information content (AvgIpc) is 3.05. The number of nitrogens with one attached hydrogen (secondary N) is 1. The van der Waals surface area contributed by atoms with Gasteiger partial charge < -0.3 is 14.5 Å². The fourth-order valence-electron chi connectivity index (χ4n) is 3.40. The molecule has 1 saturated carbocycles. The Kier molecular flexibility index (Phi) is 5.38. The first kappa shape index (κ1) is 19.2. The second kappa shape index (κ2) is 7.58. The minimum absolute atomic E-state index is 0.00513. The van der Waals surface area contributed by atoms with Crippen molar-refractivity contribution < 1.29 is 27.5 Å². The molecule has 0 radical (unpaired) electrons. The first-order valence-corrected chi connectivity index (χ1v) is 8.73. The largest absolute Gasteiger partial charge is 0.451 e. The summed E-state index contributed by atoms with van der Waals surface area (Å²) in [7, 11) is 0. The Hall–Kier alpha value is -2.58. The predicted octanol–water partition coefficient (Wildman–Crippen LogP) is 3.04. The summed E-state index contributed by atoms with van der Waals surface area (Å²) in [5.74, 6) is -3.11. The van der Waals surface area contributed by atoms with Gasteiger partial charge in [-0.25, -0.2) is 9.78 Å². The normalized spacial score (nSPS) is 20.4.